The van der Waals surface area contributed by atoms with Gasteiger partial charge >= 0.3 is 6.03 Å². The van der Waals surface area contributed by atoms with Crippen LogP contribution in [0.3, 0.4) is 0 Å². The smallest absolute Gasteiger partial charge is 0.324 e. The zero-order valence-corrected chi connectivity index (χ0v) is 15.6. The van der Waals surface area contributed by atoms with Gasteiger partial charge in [-0.05, 0) is 30.5 Å². The number of rotatable bonds is 9. The van der Waals surface area contributed by atoms with Crippen LogP contribution in [0, 0.1) is 0 Å². The fourth-order valence-corrected chi connectivity index (χ4v) is 3.11. The molecule has 3 rings (SSSR count). The summed E-state index contributed by atoms with van der Waals surface area (Å²) in [5.74, 6) is -0.400. The first-order valence-corrected chi connectivity index (χ1v) is 9.46. The van der Waals surface area contributed by atoms with Crippen LogP contribution in [0.2, 0.25) is 0 Å². The summed E-state index contributed by atoms with van der Waals surface area (Å²) in [6.07, 6.45) is 3.46. The van der Waals surface area contributed by atoms with E-state index < -0.39 is 6.04 Å². The monoisotopic (exact) mass is 380 g/mol. The molecule has 1 aliphatic heterocycles. The maximum atomic E-state index is 12.5. The summed E-state index contributed by atoms with van der Waals surface area (Å²) in [5.41, 5.74) is 1.98. The molecular formula is C21H24N4O3. The Bertz CT molecular complexity index is 811. The average molecular weight is 380 g/mol. The summed E-state index contributed by atoms with van der Waals surface area (Å²) >= 11 is 0. The number of hydrogen-bond donors (Lipinski definition) is 2. The number of amides is 4. The van der Waals surface area contributed by atoms with Crippen LogP contribution in [0.1, 0.15) is 24.1 Å². The number of aromatic nitrogens is 1. The molecule has 2 heterocycles. The Kier molecular flexibility index (Phi) is 6.73. The highest BCUT2D eigenvalue weighted by Gasteiger charge is 2.37. The topological polar surface area (TPSA) is 91.4 Å². The number of nitrogens with one attached hydrogen (secondary N) is 2. The highest BCUT2D eigenvalue weighted by molar-refractivity contribution is 6.04. The minimum absolute atomic E-state index is 0.138. The van der Waals surface area contributed by atoms with Crippen molar-refractivity contribution in [3.05, 3.63) is 66.0 Å². The van der Waals surface area contributed by atoms with Crippen LogP contribution in [0.15, 0.2) is 54.7 Å². The average Bonchev–Trinajstić information content (AvgIpc) is 2.99. The maximum absolute atomic E-state index is 12.5. The first kappa shape index (κ1) is 19.5. The number of carbonyl (C=O) groups is 3. The summed E-state index contributed by atoms with van der Waals surface area (Å²) in [6.45, 7) is 0.825. The van der Waals surface area contributed by atoms with Crippen molar-refractivity contribution in [1.82, 2.24) is 20.5 Å². The highest BCUT2D eigenvalue weighted by Crippen LogP contribution is 2.12. The largest absolute Gasteiger partial charge is 0.356 e. The van der Waals surface area contributed by atoms with Crippen LogP contribution in [-0.2, 0) is 22.4 Å². The minimum atomic E-state index is -0.634. The predicted octanol–water partition coefficient (Wildman–Crippen LogP) is 1.68. The van der Waals surface area contributed by atoms with Gasteiger partial charge in [-0.2, -0.15) is 0 Å². The molecule has 0 unspecified atom stereocenters. The molecule has 0 bridgehead atoms. The van der Waals surface area contributed by atoms with Crippen LogP contribution in [0.25, 0.3) is 0 Å². The van der Waals surface area contributed by atoms with Gasteiger partial charge in [-0.1, -0.05) is 36.4 Å². The molecule has 2 N–H and O–H groups in total. The third kappa shape index (κ3) is 5.39. The Morgan fingerprint density at radius 2 is 1.86 bits per heavy atom. The first-order valence-electron chi connectivity index (χ1n) is 9.46. The Hall–Kier alpha value is -3.22. The second-order valence-electron chi connectivity index (χ2n) is 6.69. The predicted molar refractivity (Wildman–Crippen MR) is 104 cm³/mol. The summed E-state index contributed by atoms with van der Waals surface area (Å²) in [4.78, 5) is 42.0. The van der Waals surface area contributed by atoms with E-state index in [0.717, 1.165) is 11.3 Å². The van der Waals surface area contributed by atoms with Crippen LogP contribution >= 0.6 is 0 Å². The van der Waals surface area contributed by atoms with E-state index in [1.807, 2.05) is 48.5 Å². The fraction of sp³-hybridized carbons (Fsp3) is 0.333. The zero-order chi connectivity index (χ0) is 19.8. The fourth-order valence-electron chi connectivity index (χ4n) is 3.11. The molecule has 146 valence electrons. The summed E-state index contributed by atoms with van der Waals surface area (Å²) < 4.78 is 0. The molecule has 28 heavy (non-hydrogen) atoms. The van der Waals surface area contributed by atoms with E-state index in [1.165, 1.54) is 4.90 Å². The van der Waals surface area contributed by atoms with Crippen LogP contribution < -0.4 is 10.6 Å². The van der Waals surface area contributed by atoms with E-state index in [9.17, 15) is 14.4 Å². The molecule has 0 saturated carbocycles. The lowest BCUT2D eigenvalue weighted by atomic mass is 10.1. The lowest BCUT2D eigenvalue weighted by molar-refractivity contribution is -0.127. The molecule has 1 aliphatic rings. The lowest BCUT2D eigenvalue weighted by Crippen LogP contribution is -2.34. The van der Waals surface area contributed by atoms with Crippen molar-refractivity contribution in [2.45, 2.75) is 31.7 Å². The van der Waals surface area contributed by atoms with Gasteiger partial charge < -0.3 is 10.6 Å². The maximum Gasteiger partial charge on any atom is 0.324 e. The van der Waals surface area contributed by atoms with Gasteiger partial charge in [0.05, 0.1) is 0 Å². The van der Waals surface area contributed by atoms with E-state index in [-0.39, 0.29) is 24.3 Å². The van der Waals surface area contributed by atoms with Gasteiger partial charge in [-0.25, -0.2) is 4.79 Å². The number of urea groups is 1. The molecular weight excluding hydrogens is 356 g/mol. The third-order valence-electron chi connectivity index (χ3n) is 4.66. The molecule has 0 aliphatic carbocycles. The molecule has 1 atom stereocenters. The van der Waals surface area contributed by atoms with Crippen molar-refractivity contribution < 1.29 is 14.4 Å². The van der Waals surface area contributed by atoms with Crippen LogP contribution in [0.5, 0.6) is 0 Å². The number of carbonyl (C=O) groups excluding carboxylic acids is 3. The number of hydrogen-bond acceptors (Lipinski definition) is 4. The first-order chi connectivity index (χ1) is 13.6. The molecule has 0 spiro atoms. The summed E-state index contributed by atoms with van der Waals surface area (Å²) in [5, 5.41) is 5.50. The van der Waals surface area contributed by atoms with E-state index in [4.69, 9.17) is 0 Å². The Balaban J connectivity index is 1.39. The summed E-state index contributed by atoms with van der Waals surface area (Å²) in [6, 6.07) is 14.3. The standard InChI is InChI=1S/C21H24N4O3/c26-19(23-14-11-17-8-4-5-13-22-17)10-9-18-20(27)25(21(28)24-18)15-12-16-6-2-1-3-7-16/h1-8,13,18H,9-12,14-15H2,(H,23,26)(H,24,28)/t18-/m0/s1. The number of benzene rings is 1. The quantitative estimate of drug-likeness (QED) is 0.648. The molecule has 7 nitrogen and oxygen atoms in total. The van der Waals surface area contributed by atoms with Gasteiger partial charge in [0.15, 0.2) is 0 Å². The highest BCUT2D eigenvalue weighted by atomic mass is 16.2. The third-order valence-corrected chi connectivity index (χ3v) is 4.66. The SMILES string of the molecule is O=C(CC[C@@H]1NC(=O)N(CCc2ccccc2)C1=O)NCCc1ccccn1. The van der Waals surface area contributed by atoms with Crippen LogP contribution in [0.4, 0.5) is 4.79 Å². The molecule has 1 aromatic heterocycles. The number of imide groups is 1. The molecule has 1 saturated heterocycles. The van der Waals surface area contributed by atoms with E-state index >= 15 is 0 Å². The molecule has 2 aromatic rings. The Morgan fingerprint density at radius 1 is 1.07 bits per heavy atom. The van der Waals surface area contributed by atoms with Crippen molar-refractivity contribution in [1.29, 1.82) is 0 Å². The van der Waals surface area contributed by atoms with Crippen molar-refractivity contribution in [3.63, 3.8) is 0 Å². The molecule has 1 fully saturated rings. The minimum Gasteiger partial charge on any atom is -0.356 e. The van der Waals surface area contributed by atoms with Crippen molar-refractivity contribution >= 4 is 17.8 Å². The van der Waals surface area contributed by atoms with Gasteiger partial charge in [0.25, 0.3) is 5.91 Å². The van der Waals surface area contributed by atoms with Crippen molar-refractivity contribution in [2.24, 2.45) is 0 Å². The molecule has 7 heteroatoms. The van der Waals surface area contributed by atoms with E-state index in [2.05, 4.69) is 15.6 Å². The van der Waals surface area contributed by atoms with E-state index in [0.29, 0.717) is 32.4 Å². The normalized spacial score (nSPS) is 16.1. The Morgan fingerprint density at radius 3 is 2.61 bits per heavy atom. The van der Waals surface area contributed by atoms with Crippen molar-refractivity contribution in [3.8, 4) is 0 Å². The molecule has 0 radical (unpaired) electrons. The second kappa shape index (κ2) is 9.64. The van der Waals surface area contributed by atoms with Crippen LogP contribution in [-0.4, -0.2) is 46.9 Å². The zero-order valence-electron chi connectivity index (χ0n) is 15.6. The van der Waals surface area contributed by atoms with Gasteiger partial charge in [-0.15, -0.1) is 0 Å². The Labute approximate surface area is 164 Å². The number of pyridine rings is 1. The lowest BCUT2D eigenvalue weighted by Gasteiger charge is -2.13. The molecule has 1 aromatic carbocycles. The van der Waals surface area contributed by atoms with Gasteiger partial charge in [0.1, 0.15) is 6.04 Å². The van der Waals surface area contributed by atoms with Gasteiger partial charge in [0.2, 0.25) is 5.91 Å². The molecule has 4 amide bonds. The van der Waals surface area contributed by atoms with Gasteiger partial charge in [-0.3, -0.25) is 19.5 Å². The second-order valence-corrected chi connectivity index (χ2v) is 6.69. The number of nitrogens with zero attached hydrogens (tertiary/aromatic N) is 2. The summed E-state index contributed by atoms with van der Waals surface area (Å²) in [7, 11) is 0. The van der Waals surface area contributed by atoms with E-state index in [1.54, 1.807) is 6.20 Å². The van der Waals surface area contributed by atoms with Crippen molar-refractivity contribution in [2.75, 3.05) is 13.1 Å². The van der Waals surface area contributed by atoms with Gasteiger partial charge in [0, 0.05) is 37.8 Å².